The fraction of sp³-hybridized carbons (Fsp3) is 0.714. The van der Waals surface area contributed by atoms with Crippen molar-refractivity contribution in [2.75, 3.05) is 11.9 Å². The highest BCUT2D eigenvalue weighted by molar-refractivity contribution is 5.27. The Morgan fingerprint density at radius 2 is 2.06 bits per heavy atom. The van der Waals surface area contributed by atoms with Crippen LogP contribution in [0.15, 0.2) is 12.3 Å². The summed E-state index contributed by atoms with van der Waals surface area (Å²) in [5.41, 5.74) is 0. The van der Waals surface area contributed by atoms with Gasteiger partial charge in [-0.15, -0.1) is 0 Å². The third-order valence-electron chi connectivity index (χ3n) is 3.25. The van der Waals surface area contributed by atoms with Crippen molar-refractivity contribution in [2.24, 2.45) is 0 Å². The SMILES string of the molecule is CCCNc1nccc(OC2CCCCCC2)n1. The van der Waals surface area contributed by atoms with E-state index in [-0.39, 0.29) is 0 Å². The van der Waals surface area contributed by atoms with E-state index in [1.165, 1.54) is 25.7 Å². The smallest absolute Gasteiger partial charge is 0.225 e. The van der Waals surface area contributed by atoms with E-state index < -0.39 is 0 Å². The van der Waals surface area contributed by atoms with Crippen LogP contribution >= 0.6 is 0 Å². The maximum Gasteiger partial charge on any atom is 0.225 e. The van der Waals surface area contributed by atoms with Crippen molar-refractivity contribution in [1.29, 1.82) is 0 Å². The molecule has 0 aromatic carbocycles. The molecule has 2 rings (SSSR count). The lowest BCUT2D eigenvalue weighted by atomic mass is 10.1. The third-order valence-corrected chi connectivity index (χ3v) is 3.25. The molecular formula is C14H23N3O. The number of hydrogen-bond donors (Lipinski definition) is 1. The van der Waals surface area contributed by atoms with Gasteiger partial charge in [0.2, 0.25) is 11.8 Å². The quantitative estimate of drug-likeness (QED) is 0.812. The van der Waals surface area contributed by atoms with Crippen LogP contribution in [-0.2, 0) is 0 Å². The Labute approximate surface area is 109 Å². The van der Waals surface area contributed by atoms with Gasteiger partial charge in [0, 0.05) is 18.8 Å². The van der Waals surface area contributed by atoms with Crippen LogP contribution in [0.1, 0.15) is 51.9 Å². The molecule has 0 spiro atoms. The molecule has 1 saturated carbocycles. The number of aromatic nitrogens is 2. The van der Waals surface area contributed by atoms with Crippen LogP contribution < -0.4 is 10.1 Å². The molecule has 4 heteroatoms. The van der Waals surface area contributed by atoms with Crippen molar-refractivity contribution in [3.8, 4) is 5.88 Å². The summed E-state index contributed by atoms with van der Waals surface area (Å²) < 4.78 is 5.96. The highest BCUT2D eigenvalue weighted by Gasteiger charge is 2.14. The molecule has 0 saturated heterocycles. The number of anilines is 1. The summed E-state index contributed by atoms with van der Waals surface area (Å²) in [6.07, 6.45) is 10.7. The Morgan fingerprint density at radius 1 is 1.28 bits per heavy atom. The van der Waals surface area contributed by atoms with Crippen LogP contribution in [-0.4, -0.2) is 22.6 Å². The van der Waals surface area contributed by atoms with E-state index in [4.69, 9.17) is 4.74 Å². The maximum atomic E-state index is 5.96. The molecule has 1 N–H and O–H groups in total. The van der Waals surface area contributed by atoms with E-state index in [1.54, 1.807) is 6.20 Å². The van der Waals surface area contributed by atoms with E-state index in [0.29, 0.717) is 17.9 Å². The minimum absolute atomic E-state index is 0.335. The van der Waals surface area contributed by atoms with Gasteiger partial charge in [-0.3, -0.25) is 0 Å². The van der Waals surface area contributed by atoms with Crippen molar-refractivity contribution < 1.29 is 4.74 Å². The van der Waals surface area contributed by atoms with E-state index >= 15 is 0 Å². The molecule has 1 aliphatic carbocycles. The second-order valence-electron chi connectivity index (χ2n) is 4.88. The van der Waals surface area contributed by atoms with E-state index in [9.17, 15) is 0 Å². The Balaban J connectivity index is 1.91. The maximum absolute atomic E-state index is 5.96. The van der Waals surface area contributed by atoms with Gasteiger partial charge in [-0.25, -0.2) is 4.98 Å². The number of hydrogen-bond acceptors (Lipinski definition) is 4. The normalized spacial score (nSPS) is 17.2. The van der Waals surface area contributed by atoms with Gasteiger partial charge in [0.05, 0.1) is 0 Å². The number of rotatable bonds is 5. The zero-order valence-electron chi connectivity index (χ0n) is 11.2. The van der Waals surface area contributed by atoms with Crippen molar-refractivity contribution in [3.05, 3.63) is 12.3 Å². The zero-order chi connectivity index (χ0) is 12.6. The molecule has 18 heavy (non-hydrogen) atoms. The van der Waals surface area contributed by atoms with E-state index in [1.807, 2.05) is 6.07 Å². The lowest BCUT2D eigenvalue weighted by Crippen LogP contribution is -2.16. The van der Waals surface area contributed by atoms with Crippen LogP contribution in [0.2, 0.25) is 0 Å². The van der Waals surface area contributed by atoms with Gasteiger partial charge in [-0.05, 0) is 32.1 Å². The Hall–Kier alpha value is -1.32. The van der Waals surface area contributed by atoms with Crippen molar-refractivity contribution in [1.82, 2.24) is 9.97 Å². The number of nitrogens with one attached hydrogen (secondary N) is 1. The molecule has 4 nitrogen and oxygen atoms in total. The van der Waals surface area contributed by atoms with Crippen molar-refractivity contribution >= 4 is 5.95 Å². The summed E-state index contributed by atoms with van der Waals surface area (Å²) in [7, 11) is 0. The Morgan fingerprint density at radius 3 is 2.78 bits per heavy atom. The molecule has 0 radical (unpaired) electrons. The summed E-state index contributed by atoms with van der Waals surface area (Å²) in [6, 6.07) is 1.85. The lowest BCUT2D eigenvalue weighted by molar-refractivity contribution is 0.176. The lowest BCUT2D eigenvalue weighted by Gasteiger charge is -2.16. The average molecular weight is 249 g/mol. The van der Waals surface area contributed by atoms with Crippen LogP contribution in [0.5, 0.6) is 5.88 Å². The minimum atomic E-state index is 0.335. The molecule has 1 fully saturated rings. The van der Waals surface area contributed by atoms with E-state index in [2.05, 4.69) is 22.2 Å². The van der Waals surface area contributed by atoms with Gasteiger partial charge >= 0.3 is 0 Å². The summed E-state index contributed by atoms with van der Waals surface area (Å²) >= 11 is 0. The monoisotopic (exact) mass is 249 g/mol. The largest absolute Gasteiger partial charge is 0.474 e. The second-order valence-corrected chi connectivity index (χ2v) is 4.88. The predicted molar refractivity (Wildman–Crippen MR) is 72.9 cm³/mol. The molecule has 1 aromatic heterocycles. The summed E-state index contributed by atoms with van der Waals surface area (Å²) in [6.45, 7) is 3.02. The molecule has 0 amide bonds. The highest BCUT2D eigenvalue weighted by atomic mass is 16.5. The van der Waals surface area contributed by atoms with Gasteiger partial charge in [0.15, 0.2) is 0 Å². The van der Waals surface area contributed by atoms with Gasteiger partial charge in [-0.1, -0.05) is 19.8 Å². The van der Waals surface area contributed by atoms with Gasteiger partial charge < -0.3 is 10.1 Å². The predicted octanol–water partition coefficient (Wildman–Crippen LogP) is 3.40. The zero-order valence-corrected chi connectivity index (χ0v) is 11.2. The molecular weight excluding hydrogens is 226 g/mol. The molecule has 1 aromatic rings. The molecule has 100 valence electrons. The second kappa shape index (κ2) is 7.19. The van der Waals surface area contributed by atoms with Crippen LogP contribution in [0.4, 0.5) is 5.95 Å². The first kappa shape index (κ1) is 13.1. The Bertz CT molecular complexity index is 349. The minimum Gasteiger partial charge on any atom is -0.474 e. The van der Waals surface area contributed by atoms with Crippen LogP contribution in [0, 0.1) is 0 Å². The van der Waals surface area contributed by atoms with E-state index in [0.717, 1.165) is 25.8 Å². The van der Waals surface area contributed by atoms with Gasteiger partial charge in [-0.2, -0.15) is 4.98 Å². The van der Waals surface area contributed by atoms with Gasteiger partial charge in [0.1, 0.15) is 6.10 Å². The molecule has 0 atom stereocenters. The number of ether oxygens (including phenoxy) is 1. The molecule has 0 aliphatic heterocycles. The topological polar surface area (TPSA) is 47.0 Å². The summed E-state index contributed by atoms with van der Waals surface area (Å²) in [5, 5.41) is 3.18. The fourth-order valence-electron chi connectivity index (χ4n) is 2.26. The van der Waals surface area contributed by atoms with Crippen molar-refractivity contribution in [2.45, 2.75) is 58.0 Å². The number of nitrogens with zero attached hydrogens (tertiary/aromatic N) is 2. The first-order valence-corrected chi connectivity index (χ1v) is 7.12. The molecule has 0 bridgehead atoms. The first-order valence-electron chi connectivity index (χ1n) is 7.12. The van der Waals surface area contributed by atoms with Crippen LogP contribution in [0.3, 0.4) is 0 Å². The molecule has 0 unspecified atom stereocenters. The standard InChI is InChI=1S/C14H23N3O/c1-2-10-15-14-16-11-9-13(17-14)18-12-7-5-3-4-6-8-12/h9,11-12H,2-8,10H2,1H3,(H,15,16,17). The highest BCUT2D eigenvalue weighted by Crippen LogP contribution is 2.21. The average Bonchev–Trinajstić information content (AvgIpc) is 2.65. The van der Waals surface area contributed by atoms with Crippen LogP contribution in [0.25, 0.3) is 0 Å². The molecule has 1 aliphatic rings. The first-order chi connectivity index (χ1) is 8.88. The Kier molecular flexibility index (Phi) is 5.24. The van der Waals surface area contributed by atoms with Crippen molar-refractivity contribution in [3.63, 3.8) is 0 Å². The summed E-state index contributed by atoms with van der Waals surface area (Å²) in [4.78, 5) is 8.58. The molecule has 1 heterocycles. The third kappa shape index (κ3) is 4.17. The van der Waals surface area contributed by atoms with Gasteiger partial charge in [0.25, 0.3) is 0 Å². The fourth-order valence-corrected chi connectivity index (χ4v) is 2.26. The summed E-state index contributed by atoms with van der Waals surface area (Å²) in [5.74, 6) is 1.37.